The Labute approximate surface area is 110 Å². The van der Waals surface area contributed by atoms with E-state index in [1.54, 1.807) is 7.05 Å². The largest absolute Gasteiger partial charge is 0.368 e. The molecule has 0 aromatic heterocycles. The van der Waals surface area contributed by atoms with Crippen LogP contribution in [0.25, 0.3) is 0 Å². The molecule has 3 N–H and O–H groups in total. The Hall–Kier alpha value is -0.810. The summed E-state index contributed by atoms with van der Waals surface area (Å²) in [6.07, 6.45) is 0. The van der Waals surface area contributed by atoms with Crippen molar-refractivity contribution in [2.75, 3.05) is 26.7 Å². The summed E-state index contributed by atoms with van der Waals surface area (Å²) < 4.78 is 0. The van der Waals surface area contributed by atoms with Crippen molar-refractivity contribution in [3.05, 3.63) is 0 Å². The summed E-state index contributed by atoms with van der Waals surface area (Å²) in [5, 5.41) is 2.95. The molecule has 1 unspecified atom stereocenters. The number of carbonyl (C=O) groups is 2. The normalized spacial score (nSPS) is 11.8. The number of halogens is 1. The monoisotopic (exact) mass is 265 g/mol. The van der Waals surface area contributed by atoms with Crippen molar-refractivity contribution in [1.82, 2.24) is 10.2 Å². The van der Waals surface area contributed by atoms with Crippen LogP contribution in [0.15, 0.2) is 0 Å². The van der Waals surface area contributed by atoms with Crippen LogP contribution in [0, 0.1) is 11.8 Å². The molecule has 2 amide bonds. The molecular weight excluding hydrogens is 242 g/mol. The Morgan fingerprint density at radius 1 is 1.29 bits per heavy atom. The molecular formula is C11H24ClN3O2. The van der Waals surface area contributed by atoms with Crippen LogP contribution in [0.4, 0.5) is 0 Å². The standard InChI is InChI=1S/C11H23N3O2.ClH/c1-8(2)6-14(7-10(12)15)11(16)9(3)5-13-4;/h8-9,13H,5-7H2,1-4H3,(H2,12,15);1H. The molecule has 0 radical (unpaired) electrons. The van der Waals surface area contributed by atoms with Gasteiger partial charge in [0.05, 0.1) is 6.54 Å². The molecule has 0 aromatic rings. The van der Waals surface area contributed by atoms with E-state index in [2.05, 4.69) is 5.32 Å². The van der Waals surface area contributed by atoms with Crippen molar-refractivity contribution in [2.45, 2.75) is 20.8 Å². The third-order valence-electron chi connectivity index (χ3n) is 2.18. The van der Waals surface area contributed by atoms with Crippen molar-refractivity contribution >= 4 is 24.2 Å². The maximum atomic E-state index is 12.0. The number of hydrogen-bond acceptors (Lipinski definition) is 3. The van der Waals surface area contributed by atoms with Gasteiger partial charge in [-0.15, -0.1) is 12.4 Å². The Balaban J connectivity index is 0. The number of rotatable bonds is 7. The first-order chi connectivity index (χ1) is 7.38. The minimum Gasteiger partial charge on any atom is -0.368 e. The Bertz CT molecular complexity index is 247. The van der Waals surface area contributed by atoms with Gasteiger partial charge in [-0.05, 0) is 13.0 Å². The SMILES string of the molecule is CNCC(C)C(=O)N(CC(N)=O)CC(C)C.Cl. The van der Waals surface area contributed by atoms with Gasteiger partial charge in [0.25, 0.3) is 0 Å². The number of primary amides is 1. The van der Waals surface area contributed by atoms with Gasteiger partial charge in [-0.1, -0.05) is 20.8 Å². The molecule has 0 saturated carbocycles. The third-order valence-corrected chi connectivity index (χ3v) is 2.18. The molecule has 0 bridgehead atoms. The smallest absolute Gasteiger partial charge is 0.237 e. The van der Waals surface area contributed by atoms with E-state index in [-0.39, 0.29) is 30.8 Å². The maximum absolute atomic E-state index is 12.0. The molecule has 6 heteroatoms. The summed E-state index contributed by atoms with van der Waals surface area (Å²) in [4.78, 5) is 24.4. The zero-order valence-corrected chi connectivity index (χ0v) is 11.8. The van der Waals surface area contributed by atoms with Crippen molar-refractivity contribution in [3.63, 3.8) is 0 Å². The van der Waals surface area contributed by atoms with E-state index in [1.165, 1.54) is 4.90 Å². The number of carbonyl (C=O) groups excluding carboxylic acids is 2. The molecule has 0 fully saturated rings. The maximum Gasteiger partial charge on any atom is 0.237 e. The molecule has 0 rings (SSSR count). The van der Waals surface area contributed by atoms with Crippen molar-refractivity contribution in [3.8, 4) is 0 Å². The molecule has 102 valence electrons. The van der Waals surface area contributed by atoms with Crippen molar-refractivity contribution in [2.24, 2.45) is 17.6 Å². The first-order valence-electron chi connectivity index (χ1n) is 5.60. The molecule has 0 saturated heterocycles. The van der Waals surface area contributed by atoms with Crippen LogP contribution in [0.3, 0.4) is 0 Å². The molecule has 0 aliphatic carbocycles. The Morgan fingerprint density at radius 3 is 2.18 bits per heavy atom. The lowest BCUT2D eigenvalue weighted by Crippen LogP contribution is -2.44. The second-order valence-electron chi connectivity index (χ2n) is 4.54. The minimum absolute atomic E-state index is 0. The first-order valence-corrected chi connectivity index (χ1v) is 5.60. The highest BCUT2D eigenvalue weighted by Gasteiger charge is 2.21. The lowest BCUT2D eigenvalue weighted by atomic mass is 10.1. The van der Waals surface area contributed by atoms with E-state index in [4.69, 9.17) is 5.73 Å². The van der Waals surface area contributed by atoms with Gasteiger partial charge in [-0.3, -0.25) is 9.59 Å². The van der Waals surface area contributed by atoms with Gasteiger partial charge in [0.15, 0.2) is 0 Å². The van der Waals surface area contributed by atoms with E-state index in [1.807, 2.05) is 20.8 Å². The summed E-state index contributed by atoms with van der Waals surface area (Å²) in [6.45, 7) is 7.02. The van der Waals surface area contributed by atoms with Gasteiger partial charge in [-0.2, -0.15) is 0 Å². The van der Waals surface area contributed by atoms with Crippen LogP contribution < -0.4 is 11.1 Å². The predicted octanol–water partition coefficient (Wildman–Crippen LogP) is 0.234. The summed E-state index contributed by atoms with van der Waals surface area (Å²) in [5.41, 5.74) is 5.13. The van der Waals surface area contributed by atoms with Crippen LogP contribution in [-0.4, -0.2) is 43.4 Å². The van der Waals surface area contributed by atoms with Gasteiger partial charge in [0, 0.05) is 19.0 Å². The highest BCUT2D eigenvalue weighted by molar-refractivity contribution is 5.85. The Kier molecular flexibility index (Phi) is 10.1. The van der Waals surface area contributed by atoms with Crippen molar-refractivity contribution < 1.29 is 9.59 Å². The van der Waals surface area contributed by atoms with E-state index in [0.29, 0.717) is 19.0 Å². The fraction of sp³-hybridized carbons (Fsp3) is 0.818. The Morgan fingerprint density at radius 2 is 1.82 bits per heavy atom. The van der Waals surface area contributed by atoms with Crippen LogP contribution in [0.1, 0.15) is 20.8 Å². The number of amides is 2. The average molecular weight is 266 g/mol. The molecule has 17 heavy (non-hydrogen) atoms. The average Bonchev–Trinajstić information content (AvgIpc) is 2.14. The highest BCUT2D eigenvalue weighted by atomic mass is 35.5. The molecule has 1 atom stereocenters. The van der Waals surface area contributed by atoms with Crippen molar-refractivity contribution in [1.29, 1.82) is 0 Å². The second-order valence-corrected chi connectivity index (χ2v) is 4.54. The lowest BCUT2D eigenvalue weighted by molar-refractivity contribution is -0.138. The number of nitrogens with two attached hydrogens (primary N) is 1. The zero-order chi connectivity index (χ0) is 12.7. The minimum atomic E-state index is -0.467. The fourth-order valence-electron chi connectivity index (χ4n) is 1.57. The molecule has 5 nitrogen and oxygen atoms in total. The topological polar surface area (TPSA) is 75.4 Å². The van der Waals surface area contributed by atoms with Crippen LogP contribution in [0.5, 0.6) is 0 Å². The van der Waals surface area contributed by atoms with E-state index in [0.717, 1.165) is 0 Å². The number of nitrogens with zero attached hydrogens (tertiary/aromatic N) is 1. The summed E-state index contributed by atoms with van der Waals surface area (Å²) in [6, 6.07) is 0. The van der Waals surface area contributed by atoms with Crippen LogP contribution >= 0.6 is 12.4 Å². The highest BCUT2D eigenvalue weighted by Crippen LogP contribution is 2.05. The molecule has 0 aliphatic heterocycles. The molecule has 0 heterocycles. The van der Waals surface area contributed by atoms with Gasteiger partial charge in [0.1, 0.15) is 0 Å². The number of hydrogen-bond donors (Lipinski definition) is 2. The zero-order valence-electron chi connectivity index (χ0n) is 11.0. The van der Waals surface area contributed by atoms with Crippen LogP contribution in [-0.2, 0) is 9.59 Å². The first kappa shape index (κ1) is 18.6. The quantitative estimate of drug-likeness (QED) is 0.692. The summed E-state index contributed by atoms with van der Waals surface area (Å²) >= 11 is 0. The third kappa shape index (κ3) is 7.99. The van der Waals surface area contributed by atoms with Gasteiger partial charge in [0.2, 0.25) is 11.8 Å². The predicted molar refractivity (Wildman–Crippen MR) is 71.0 cm³/mol. The lowest BCUT2D eigenvalue weighted by Gasteiger charge is -2.26. The van der Waals surface area contributed by atoms with E-state index >= 15 is 0 Å². The molecule has 0 aliphatic rings. The fourth-order valence-corrected chi connectivity index (χ4v) is 1.57. The summed E-state index contributed by atoms with van der Waals surface area (Å²) in [7, 11) is 1.80. The van der Waals surface area contributed by atoms with Gasteiger partial charge in [-0.25, -0.2) is 0 Å². The van der Waals surface area contributed by atoms with Gasteiger partial charge < -0.3 is 16.0 Å². The molecule has 0 aromatic carbocycles. The van der Waals surface area contributed by atoms with E-state index in [9.17, 15) is 9.59 Å². The van der Waals surface area contributed by atoms with E-state index < -0.39 is 5.91 Å². The second kappa shape index (κ2) is 9.24. The number of nitrogens with one attached hydrogen (secondary N) is 1. The van der Waals surface area contributed by atoms with Gasteiger partial charge >= 0.3 is 0 Å². The molecule has 0 spiro atoms. The summed E-state index contributed by atoms with van der Waals surface area (Å²) in [5.74, 6) is -0.305. The van der Waals surface area contributed by atoms with Crippen LogP contribution in [0.2, 0.25) is 0 Å².